The number of hydrogen-bond donors (Lipinski definition) is 1. The molecule has 5 heteroatoms. The Balaban J connectivity index is 1.33. The fourth-order valence-electron chi connectivity index (χ4n) is 3.76. The van der Waals surface area contributed by atoms with Crippen molar-refractivity contribution in [2.45, 2.75) is 19.4 Å². The average molecular weight is 413 g/mol. The zero-order valence-electron chi connectivity index (χ0n) is 15.5. The summed E-state index contributed by atoms with van der Waals surface area (Å²) in [4.78, 5) is 15.0. The third-order valence-electron chi connectivity index (χ3n) is 5.38. The molecule has 4 rings (SSSR count). The summed E-state index contributed by atoms with van der Waals surface area (Å²) in [5.74, 6) is 0.155. The van der Waals surface area contributed by atoms with Gasteiger partial charge in [0, 0.05) is 28.2 Å². The van der Waals surface area contributed by atoms with E-state index in [0.717, 1.165) is 49.1 Å². The van der Waals surface area contributed by atoms with E-state index in [0.29, 0.717) is 10.0 Å². The van der Waals surface area contributed by atoms with Gasteiger partial charge in [-0.1, -0.05) is 59.6 Å². The first-order chi connectivity index (χ1) is 13.6. The monoisotopic (exact) mass is 412 g/mol. The van der Waals surface area contributed by atoms with Crippen LogP contribution in [-0.4, -0.2) is 23.9 Å². The molecule has 0 saturated carbocycles. The molecule has 1 aliphatic rings. The van der Waals surface area contributed by atoms with Crippen LogP contribution >= 0.6 is 23.2 Å². The van der Waals surface area contributed by atoms with Gasteiger partial charge in [0.1, 0.15) is 0 Å². The van der Waals surface area contributed by atoms with Crippen molar-refractivity contribution >= 4 is 45.6 Å². The lowest BCUT2D eigenvalue weighted by atomic mass is 9.95. The predicted molar refractivity (Wildman–Crippen MR) is 117 cm³/mol. The molecule has 1 N–H and O–H groups in total. The third-order valence-corrected chi connectivity index (χ3v) is 5.97. The number of piperidine rings is 1. The smallest absolute Gasteiger partial charge is 0.227 e. The maximum atomic E-state index is 12.7. The number of nitrogens with one attached hydrogen (secondary N) is 1. The van der Waals surface area contributed by atoms with Crippen molar-refractivity contribution in [1.82, 2.24) is 4.90 Å². The highest BCUT2D eigenvalue weighted by Gasteiger charge is 2.25. The number of carbonyl (C=O) groups excluding carboxylic acids is 1. The van der Waals surface area contributed by atoms with Gasteiger partial charge in [0.2, 0.25) is 5.91 Å². The molecule has 0 spiro atoms. The lowest BCUT2D eigenvalue weighted by Gasteiger charge is -2.31. The molecular formula is C23H22Cl2N2O. The maximum absolute atomic E-state index is 12.7. The molecule has 1 fully saturated rings. The first-order valence-corrected chi connectivity index (χ1v) is 10.3. The molecule has 0 aromatic heterocycles. The van der Waals surface area contributed by atoms with Gasteiger partial charge >= 0.3 is 0 Å². The van der Waals surface area contributed by atoms with Crippen LogP contribution in [0.15, 0.2) is 60.7 Å². The average Bonchev–Trinajstić information content (AvgIpc) is 2.70. The molecule has 0 unspecified atom stereocenters. The van der Waals surface area contributed by atoms with E-state index in [2.05, 4.69) is 22.3 Å². The summed E-state index contributed by atoms with van der Waals surface area (Å²) >= 11 is 12.3. The third kappa shape index (κ3) is 4.49. The molecule has 0 aliphatic carbocycles. The minimum absolute atomic E-state index is 0.0448. The summed E-state index contributed by atoms with van der Waals surface area (Å²) < 4.78 is 0. The zero-order chi connectivity index (χ0) is 19.5. The summed E-state index contributed by atoms with van der Waals surface area (Å²) in [7, 11) is 0. The van der Waals surface area contributed by atoms with Gasteiger partial charge in [-0.2, -0.15) is 0 Å². The van der Waals surface area contributed by atoms with Crippen LogP contribution in [0.3, 0.4) is 0 Å². The number of carbonyl (C=O) groups is 1. The number of anilines is 1. The highest BCUT2D eigenvalue weighted by Crippen LogP contribution is 2.26. The summed E-state index contributed by atoms with van der Waals surface area (Å²) in [5.41, 5.74) is 1.93. The van der Waals surface area contributed by atoms with E-state index in [1.807, 2.05) is 42.5 Å². The first-order valence-electron chi connectivity index (χ1n) is 9.54. The Morgan fingerprint density at radius 2 is 1.71 bits per heavy atom. The summed E-state index contributed by atoms with van der Waals surface area (Å²) in [6.07, 6.45) is 1.70. The van der Waals surface area contributed by atoms with E-state index in [1.165, 1.54) is 5.39 Å². The Morgan fingerprint density at radius 1 is 0.964 bits per heavy atom. The molecule has 1 aliphatic heterocycles. The van der Waals surface area contributed by atoms with Crippen LogP contribution < -0.4 is 5.32 Å². The summed E-state index contributed by atoms with van der Waals surface area (Å²) in [5, 5.41) is 6.75. The van der Waals surface area contributed by atoms with Crippen LogP contribution in [0.4, 0.5) is 5.69 Å². The second kappa shape index (κ2) is 8.52. The van der Waals surface area contributed by atoms with Crippen LogP contribution in [-0.2, 0) is 11.3 Å². The van der Waals surface area contributed by atoms with E-state index in [1.54, 1.807) is 6.07 Å². The lowest BCUT2D eigenvalue weighted by Crippen LogP contribution is -2.37. The van der Waals surface area contributed by atoms with Gasteiger partial charge in [0.15, 0.2) is 0 Å². The molecule has 3 aromatic rings. The number of amides is 1. The zero-order valence-corrected chi connectivity index (χ0v) is 17.0. The van der Waals surface area contributed by atoms with Gasteiger partial charge in [0.25, 0.3) is 0 Å². The minimum atomic E-state index is 0.0448. The highest BCUT2D eigenvalue weighted by molar-refractivity contribution is 6.35. The number of fused-ring (bicyclic) bond motifs is 1. The van der Waals surface area contributed by atoms with Crippen LogP contribution in [0.5, 0.6) is 0 Å². The number of hydrogen-bond acceptors (Lipinski definition) is 2. The largest absolute Gasteiger partial charge is 0.326 e. The lowest BCUT2D eigenvalue weighted by molar-refractivity contribution is -0.121. The van der Waals surface area contributed by atoms with Gasteiger partial charge < -0.3 is 5.32 Å². The molecule has 0 bridgehead atoms. The number of rotatable bonds is 4. The van der Waals surface area contributed by atoms with Gasteiger partial charge in [-0.3, -0.25) is 9.69 Å². The van der Waals surface area contributed by atoms with Crippen molar-refractivity contribution in [2.24, 2.45) is 5.92 Å². The normalized spacial score (nSPS) is 15.6. The number of likely N-dealkylation sites (tertiary alicyclic amines) is 1. The van der Waals surface area contributed by atoms with Crippen LogP contribution in [0.25, 0.3) is 10.8 Å². The molecule has 3 nitrogen and oxygen atoms in total. The van der Waals surface area contributed by atoms with Crippen molar-refractivity contribution in [1.29, 1.82) is 0 Å². The Bertz CT molecular complexity index is 997. The number of benzene rings is 3. The Labute approximate surface area is 175 Å². The Kier molecular flexibility index (Phi) is 5.86. The highest BCUT2D eigenvalue weighted by atomic mass is 35.5. The Hall–Kier alpha value is -2.07. The molecule has 144 valence electrons. The second-order valence-electron chi connectivity index (χ2n) is 7.34. The SMILES string of the molecule is O=C(Nc1ccc2ccccc2c1)C1CCN(Cc2ccc(Cl)cc2Cl)CC1. The first kappa shape index (κ1) is 19.3. The van der Waals surface area contributed by atoms with E-state index in [-0.39, 0.29) is 11.8 Å². The molecule has 0 radical (unpaired) electrons. The summed E-state index contributed by atoms with van der Waals surface area (Å²) in [6, 6.07) is 19.8. The van der Waals surface area contributed by atoms with Crippen molar-refractivity contribution in [2.75, 3.05) is 18.4 Å². The molecule has 1 heterocycles. The fraction of sp³-hybridized carbons (Fsp3) is 0.261. The van der Waals surface area contributed by atoms with E-state index in [4.69, 9.17) is 23.2 Å². The van der Waals surface area contributed by atoms with Crippen LogP contribution in [0.2, 0.25) is 10.0 Å². The van der Waals surface area contributed by atoms with Gasteiger partial charge in [-0.15, -0.1) is 0 Å². The summed E-state index contributed by atoms with van der Waals surface area (Å²) in [6.45, 7) is 2.55. The van der Waals surface area contributed by atoms with E-state index in [9.17, 15) is 4.79 Å². The maximum Gasteiger partial charge on any atom is 0.227 e. The molecule has 0 atom stereocenters. The van der Waals surface area contributed by atoms with E-state index < -0.39 is 0 Å². The molecule has 28 heavy (non-hydrogen) atoms. The predicted octanol–water partition coefficient (Wildman–Crippen LogP) is 6.00. The van der Waals surface area contributed by atoms with Gasteiger partial charge in [-0.05, 0) is 66.5 Å². The topological polar surface area (TPSA) is 32.3 Å². The Morgan fingerprint density at radius 3 is 2.46 bits per heavy atom. The van der Waals surface area contributed by atoms with Crippen molar-refractivity contribution in [3.63, 3.8) is 0 Å². The fourth-order valence-corrected chi connectivity index (χ4v) is 4.22. The van der Waals surface area contributed by atoms with Crippen LogP contribution in [0.1, 0.15) is 18.4 Å². The van der Waals surface area contributed by atoms with Gasteiger partial charge in [-0.25, -0.2) is 0 Å². The molecular weight excluding hydrogens is 391 g/mol. The van der Waals surface area contributed by atoms with Crippen molar-refractivity contribution in [3.8, 4) is 0 Å². The van der Waals surface area contributed by atoms with Gasteiger partial charge in [0.05, 0.1) is 0 Å². The minimum Gasteiger partial charge on any atom is -0.326 e. The molecule has 3 aromatic carbocycles. The quantitative estimate of drug-likeness (QED) is 0.569. The van der Waals surface area contributed by atoms with E-state index >= 15 is 0 Å². The standard InChI is InChI=1S/C23H22Cl2N2O/c24-20-7-5-19(22(25)14-20)15-27-11-9-17(10-12-27)23(28)26-21-8-6-16-3-1-2-4-18(16)13-21/h1-8,13-14,17H,9-12,15H2,(H,26,28). The number of halogens is 2. The molecule has 1 amide bonds. The number of nitrogens with zero attached hydrogens (tertiary/aromatic N) is 1. The molecule has 1 saturated heterocycles. The van der Waals surface area contributed by atoms with Crippen molar-refractivity contribution in [3.05, 3.63) is 76.3 Å². The van der Waals surface area contributed by atoms with Crippen molar-refractivity contribution < 1.29 is 4.79 Å². The van der Waals surface area contributed by atoms with Crippen LogP contribution in [0, 0.1) is 5.92 Å². The second-order valence-corrected chi connectivity index (χ2v) is 8.18.